The molecule has 1 amide bonds. The Morgan fingerprint density at radius 2 is 1.76 bits per heavy atom. The van der Waals surface area contributed by atoms with Crippen molar-refractivity contribution in [3.8, 4) is 0 Å². The fourth-order valence-corrected chi connectivity index (χ4v) is 3.13. The molecule has 1 fully saturated rings. The Kier molecular flexibility index (Phi) is 8.72. The van der Waals surface area contributed by atoms with Crippen molar-refractivity contribution in [2.75, 3.05) is 6.54 Å². The summed E-state index contributed by atoms with van der Waals surface area (Å²) >= 11 is 0. The number of ether oxygens (including phenoxy) is 2. The smallest absolute Gasteiger partial charge is 0.410 e. The van der Waals surface area contributed by atoms with Crippen LogP contribution in [0.4, 0.5) is 4.79 Å². The Bertz CT molecular complexity index is 456. The Labute approximate surface area is 149 Å². The first-order valence-corrected chi connectivity index (χ1v) is 9.14. The summed E-state index contributed by atoms with van der Waals surface area (Å²) in [6, 6.07) is 0. The number of alkyl carbamates (subject to hydrolysis) is 1. The predicted octanol–water partition coefficient (Wildman–Crippen LogP) is 3.46. The van der Waals surface area contributed by atoms with Gasteiger partial charge in [0.05, 0.1) is 6.42 Å². The molecule has 1 rings (SSSR count). The minimum Gasteiger partial charge on any atom is -0.481 e. The number of carbonyl (C=O) groups excluding carboxylic acids is 2. The summed E-state index contributed by atoms with van der Waals surface area (Å²) in [7, 11) is 0. The van der Waals surface area contributed by atoms with Crippen LogP contribution in [0, 0.1) is 11.3 Å². The number of hydrogen-bond acceptors (Lipinski definition) is 5. The molecular formula is C18H31NO6. The first kappa shape index (κ1) is 21.3. The van der Waals surface area contributed by atoms with Gasteiger partial charge >= 0.3 is 18.0 Å². The Hall–Kier alpha value is -1.79. The van der Waals surface area contributed by atoms with Crippen molar-refractivity contribution in [3.63, 3.8) is 0 Å². The Balaban J connectivity index is 2.57. The molecule has 1 atom stereocenters. The first-order valence-electron chi connectivity index (χ1n) is 9.14. The Morgan fingerprint density at radius 1 is 1.12 bits per heavy atom. The highest BCUT2D eigenvalue weighted by molar-refractivity contribution is 5.71. The summed E-state index contributed by atoms with van der Waals surface area (Å²) in [5.74, 6) is -1.43. The molecule has 0 heterocycles. The van der Waals surface area contributed by atoms with Crippen LogP contribution in [-0.4, -0.2) is 36.0 Å². The van der Waals surface area contributed by atoms with Gasteiger partial charge in [-0.3, -0.25) is 9.59 Å². The molecule has 1 unspecified atom stereocenters. The van der Waals surface area contributed by atoms with Gasteiger partial charge in [0, 0.05) is 18.9 Å². The largest absolute Gasteiger partial charge is 0.481 e. The van der Waals surface area contributed by atoms with E-state index in [-0.39, 0.29) is 25.3 Å². The highest BCUT2D eigenvalue weighted by Crippen LogP contribution is 2.38. The van der Waals surface area contributed by atoms with Crippen LogP contribution in [0.5, 0.6) is 0 Å². The lowest BCUT2D eigenvalue weighted by Crippen LogP contribution is -2.42. The van der Waals surface area contributed by atoms with E-state index in [1.807, 2.05) is 6.92 Å². The highest BCUT2D eigenvalue weighted by Gasteiger charge is 2.35. The number of hydrogen-bond donors (Lipinski definition) is 2. The van der Waals surface area contributed by atoms with Crippen molar-refractivity contribution in [2.24, 2.45) is 11.3 Å². The van der Waals surface area contributed by atoms with Gasteiger partial charge in [0.2, 0.25) is 0 Å². The molecule has 144 valence electrons. The minimum absolute atomic E-state index is 0.0341. The van der Waals surface area contributed by atoms with E-state index in [2.05, 4.69) is 5.32 Å². The fraction of sp³-hybridized carbons (Fsp3) is 0.833. The molecule has 0 aliphatic heterocycles. The van der Waals surface area contributed by atoms with Gasteiger partial charge in [-0.2, -0.15) is 0 Å². The van der Waals surface area contributed by atoms with Crippen molar-refractivity contribution < 1.29 is 29.0 Å². The van der Waals surface area contributed by atoms with E-state index in [1.165, 1.54) is 0 Å². The zero-order valence-electron chi connectivity index (χ0n) is 15.5. The van der Waals surface area contributed by atoms with Crippen LogP contribution in [0.25, 0.3) is 0 Å². The molecule has 7 nitrogen and oxygen atoms in total. The normalized spacial score (nSPS) is 17.6. The molecule has 1 aliphatic carbocycles. The maximum atomic E-state index is 12.1. The van der Waals surface area contributed by atoms with E-state index < -0.39 is 29.7 Å². The summed E-state index contributed by atoms with van der Waals surface area (Å²) in [6.45, 7) is 5.71. The third kappa shape index (κ3) is 7.75. The standard InChI is InChI=1S/C18H31NO6/c1-4-8-15(22)24-16(13(2)3)25-17(23)19-12-18(11-14(20)21)9-6-5-7-10-18/h13,16H,4-12H2,1-3H3,(H,19,23)(H,20,21). The van der Waals surface area contributed by atoms with Crippen LogP contribution in [0.1, 0.15) is 72.1 Å². The lowest BCUT2D eigenvalue weighted by Gasteiger charge is -2.36. The number of carboxylic acids is 1. The van der Waals surface area contributed by atoms with Crippen molar-refractivity contribution >= 4 is 18.0 Å². The van der Waals surface area contributed by atoms with Crippen molar-refractivity contribution in [1.29, 1.82) is 0 Å². The molecule has 1 saturated carbocycles. The topological polar surface area (TPSA) is 102 Å². The molecule has 0 aromatic rings. The Morgan fingerprint density at radius 3 is 2.28 bits per heavy atom. The van der Waals surface area contributed by atoms with Gasteiger partial charge in [0.15, 0.2) is 0 Å². The van der Waals surface area contributed by atoms with Gasteiger partial charge in [0.1, 0.15) is 0 Å². The van der Waals surface area contributed by atoms with E-state index in [9.17, 15) is 14.4 Å². The number of carbonyl (C=O) groups is 3. The van der Waals surface area contributed by atoms with Gasteiger partial charge in [-0.25, -0.2) is 4.79 Å². The van der Waals surface area contributed by atoms with Crippen LogP contribution in [0.2, 0.25) is 0 Å². The molecule has 0 aromatic carbocycles. The van der Waals surface area contributed by atoms with E-state index in [0.29, 0.717) is 6.42 Å². The first-order chi connectivity index (χ1) is 11.8. The zero-order valence-corrected chi connectivity index (χ0v) is 15.5. The summed E-state index contributed by atoms with van der Waals surface area (Å²) in [5, 5.41) is 11.8. The van der Waals surface area contributed by atoms with Crippen LogP contribution in [0.3, 0.4) is 0 Å². The van der Waals surface area contributed by atoms with Gasteiger partial charge < -0.3 is 19.9 Å². The molecule has 0 saturated heterocycles. The van der Waals surface area contributed by atoms with Crippen molar-refractivity contribution in [3.05, 3.63) is 0 Å². The van der Waals surface area contributed by atoms with Crippen LogP contribution >= 0.6 is 0 Å². The minimum atomic E-state index is -0.944. The van der Waals surface area contributed by atoms with E-state index in [4.69, 9.17) is 14.6 Å². The number of rotatable bonds is 9. The quantitative estimate of drug-likeness (QED) is 0.484. The summed E-state index contributed by atoms with van der Waals surface area (Å²) in [6.07, 6.45) is 3.92. The molecule has 2 N–H and O–H groups in total. The number of amides is 1. The maximum Gasteiger partial charge on any atom is 0.410 e. The molecule has 0 radical (unpaired) electrons. The molecule has 0 aromatic heterocycles. The third-order valence-electron chi connectivity index (χ3n) is 4.52. The van der Waals surface area contributed by atoms with E-state index >= 15 is 0 Å². The second-order valence-corrected chi connectivity index (χ2v) is 7.24. The summed E-state index contributed by atoms with van der Waals surface area (Å²) in [4.78, 5) is 34.9. The molecular weight excluding hydrogens is 326 g/mol. The molecule has 0 bridgehead atoms. The van der Waals surface area contributed by atoms with Crippen molar-refractivity contribution in [2.45, 2.75) is 78.4 Å². The van der Waals surface area contributed by atoms with E-state index in [0.717, 1.165) is 32.1 Å². The number of aliphatic carboxylic acids is 1. The molecule has 7 heteroatoms. The monoisotopic (exact) mass is 357 g/mol. The second-order valence-electron chi connectivity index (χ2n) is 7.24. The molecule has 1 aliphatic rings. The predicted molar refractivity (Wildman–Crippen MR) is 91.9 cm³/mol. The summed E-state index contributed by atoms with van der Waals surface area (Å²) < 4.78 is 10.4. The second kappa shape index (κ2) is 10.3. The molecule has 25 heavy (non-hydrogen) atoms. The van der Waals surface area contributed by atoms with Gasteiger partial charge in [0.25, 0.3) is 6.29 Å². The van der Waals surface area contributed by atoms with Gasteiger partial charge in [-0.15, -0.1) is 0 Å². The van der Waals surface area contributed by atoms with E-state index in [1.54, 1.807) is 13.8 Å². The average Bonchev–Trinajstić information content (AvgIpc) is 2.53. The number of carboxylic acid groups (broad SMARTS) is 1. The highest BCUT2D eigenvalue weighted by atomic mass is 16.7. The fourth-order valence-electron chi connectivity index (χ4n) is 3.13. The van der Waals surface area contributed by atoms with Crippen LogP contribution < -0.4 is 5.32 Å². The van der Waals surface area contributed by atoms with Gasteiger partial charge in [-0.05, 0) is 24.7 Å². The van der Waals surface area contributed by atoms with Crippen LogP contribution in [-0.2, 0) is 19.1 Å². The van der Waals surface area contributed by atoms with Crippen LogP contribution in [0.15, 0.2) is 0 Å². The lowest BCUT2D eigenvalue weighted by molar-refractivity contribution is -0.175. The third-order valence-corrected chi connectivity index (χ3v) is 4.52. The number of nitrogens with one attached hydrogen (secondary N) is 1. The average molecular weight is 357 g/mol. The maximum absolute atomic E-state index is 12.1. The lowest BCUT2D eigenvalue weighted by atomic mass is 9.72. The van der Waals surface area contributed by atoms with Crippen molar-refractivity contribution in [1.82, 2.24) is 5.32 Å². The summed E-state index contributed by atoms with van der Waals surface area (Å²) in [5.41, 5.74) is -0.421. The zero-order chi connectivity index (χ0) is 18.9. The number of esters is 1. The molecule has 0 spiro atoms. The van der Waals surface area contributed by atoms with Gasteiger partial charge in [-0.1, -0.05) is 40.0 Å². The SMILES string of the molecule is CCCC(=O)OC(OC(=O)NCC1(CC(=O)O)CCCCC1)C(C)C.